The fourth-order valence-electron chi connectivity index (χ4n) is 4.10. The molecule has 0 N–H and O–H groups in total. The zero-order valence-electron chi connectivity index (χ0n) is 14.7. The predicted octanol–water partition coefficient (Wildman–Crippen LogP) is 2.00. The van der Waals surface area contributed by atoms with E-state index in [1.807, 2.05) is 23.1 Å². The molecule has 0 aromatic heterocycles. The smallest absolute Gasteiger partial charge is 0.233 e. The van der Waals surface area contributed by atoms with Gasteiger partial charge in [-0.1, -0.05) is 30.3 Å². The number of amides is 1. The summed E-state index contributed by atoms with van der Waals surface area (Å²) in [5.74, 6) is 0.766. The van der Waals surface area contributed by atoms with Gasteiger partial charge in [0.15, 0.2) is 0 Å². The van der Waals surface area contributed by atoms with Crippen LogP contribution < -0.4 is 0 Å². The second-order valence-electron chi connectivity index (χ2n) is 7.46. The van der Waals surface area contributed by atoms with E-state index in [1.165, 1.54) is 0 Å². The van der Waals surface area contributed by atoms with Crippen molar-refractivity contribution in [3.05, 3.63) is 35.9 Å². The fraction of sp³-hybridized carbons (Fsp3) is 0.650. The minimum absolute atomic E-state index is 0.178. The summed E-state index contributed by atoms with van der Waals surface area (Å²) in [4.78, 5) is 15.3. The summed E-state index contributed by atoms with van der Waals surface area (Å²) in [5.41, 5.74) is 0.694. The molecule has 0 aliphatic carbocycles. The number of hydrogen-bond acceptors (Lipinski definition) is 4. The van der Waals surface area contributed by atoms with E-state index in [0.29, 0.717) is 32.2 Å². The molecule has 1 amide bonds. The maximum Gasteiger partial charge on any atom is 0.233 e. The molecule has 25 heavy (non-hydrogen) atoms. The summed E-state index contributed by atoms with van der Waals surface area (Å²) in [5, 5.41) is 0. The third-order valence-corrected chi connectivity index (χ3v) is 5.81. The van der Waals surface area contributed by atoms with Gasteiger partial charge in [0.1, 0.15) is 0 Å². The van der Waals surface area contributed by atoms with Gasteiger partial charge < -0.3 is 19.1 Å². The molecular weight excluding hydrogens is 318 g/mol. The number of carbonyl (C=O) groups is 1. The van der Waals surface area contributed by atoms with Crippen molar-refractivity contribution in [1.29, 1.82) is 0 Å². The highest BCUT2D eigenvalue weighted by Crippen LogP contribution is 2.38. The third-order valence-electron chi connectivity index (χ3n) is 5.81. The topological polar surface area (TPSA) is 48.0 Å². The molecule has 0 bridgehead atoms. The van der Waals surface area contributed by atoms with E-state index >= 15 is 0 Å². The van der Waals surface area contributed by atoms with E-state index in [-0.39, 0.29) is 12.0 Å². The van der Waals surface area contributed by atoms with E-state index in [0.717, 1.165) is 44.6 Å². The van der Waals surface area contributed by atoms with Gasteiger partial charge in [-0.15, -0.1) is 0 Å². The van der Waals surface area contributed by atoms with Crippen molar-refractivity contribution in [3.8, 4) is 0 Å². The van der Waals surface area contributed by atoms with Gasteiger partial charge in [-0.25, -0.2) is 0 Å². The van der Waals surface area contributed by atoms with Gasteiger partial charge in [-0.2, -0.15) is 0 Å². The zero-order valence-corrected chi connectivity index (χ0v) is 14.7. The molecule has 4 rings (SSSR count). The Kier molecular flexibility index (Phi) is 5.06. The molecule has 1 unspecified atom stereocenters. The summed E-state index contributed by atoms with van der Waals surface area (Å²) in [6.07, 6.45) is 2.79. The second kappa shape index (κ2) is 7.44. The first-order valence-electron chi connectivity index (χ1n) is 9.40. The van der Waals surface area contributed by atoms with Gasteiger partial charge >= 0.3 is 0 Å². The van der Waals surface area contributed by atoms with E-state index in [2.05, 4.69) is 12.1 Å². The van der Waals surface area contributed by atoms with Crippen molar-refractivity contribution in [2.75, 3.05) is 46.1 Å². The van der Waals surface area contributed by atoms with Gasteiger partial charge in [0.25, 0.3) is 0 Å². The van der Waals surface area contributed by atoms with Gasteiger partial charge in [0.2, 0.25) is 5.91 Å². The number of carbonyl (C=O) groups excluding carboxylic acids is 1. The van der Waals surface area contributed by atoms with Crippen LogP contribution >= 0.6 is 0 Å². The molecule has 1 atom stereocenters. The normalized spacial score (nSPS) is 26.4. The van der Waals surface area contributed by atoms with Crippen LogP contribution in [-0.4, -0.2) is 63.0 Å². The van der Waals surface area contributed by atoms with E-state index in [1.54, 1.807) is 0 Å². The Balaban J connectivity index is 1.37. The van der Waals surface area contributed by atoms with Crippen molar-refractivity contribution < 1.29 is 19.0 Å². The lowest BCUT2D eigenvalue weighted by Crippen LogP contribution is -2.61. The van der Waals surface area contributed by atoms with Crippen molar-refractivity contribution in [1.82, 2.24) is 4.90 Å². The lowest BCUT2D eigenvalue weighted by Gasteiger charge is -2.46. The monoisotopic (exact) mass is 345 g/mol. The van der Waals surface area contributed by atoms with Gasteiger partial charge in [-0.3, -0.25) is 4.79 Å². The van der Waals surface area contributed by atoms with Crippen molar-refractivity contribution in [2.24, 2.45) is 5.92 Å². The average molecular weight is 345 g/mol. The summed E-state index contributed by atoms with van der Waals surface area (Å²) < 4.78 is 16.9. The predicted molar refractivity (Wildman–Crippen MR) is 93.4 cm³/mol. The molecule has 0 spiro atoms. The van der Waals surface area contributed by atoms with Crippen LogP contribution in [-0.2, 0) is 24.4 Å². The van der Waals surface area contributed by atoms with Crippen LogP contribution in [0.5, 0.6) is 0 Å². The van der Waals surface area contributed by atoms with Gasteiger partial charge in [0, 0.05) is 38.8 Å². The quantitative estimate of drug-likeness (QED) is 0.819. The van der Waals surface area contributed by atoms with Crippen molar-refractivity contribution in [3.63, 3.8) is 0 Å². The fourth-order valence-corrected chi connectivity index (χ4v) is 4.10. The largest absolute Gasteiger partial charge is 0.381 e. The molecular formula is C20H27NO4. The Labute approximate surface area is 149 Å². The van der Waals surface area contributed by atoms with Crippen LogP contribution in [0.1, 0.15) is 24.8 Å². The van der Waals surface area contributed by atoms with Crippen LogP contribution in [0, 0.1) is 5.92 Å². The Hall–Kier alpha value is -1.43. The summed E-state index contributed by atoms with van der Waals surface area (Å²) in [7, 11) is 0. The number of nitrogens with zero attached hydrogens (tertiary/aromatic N) is 1. The Morgan fingerprint density at radius 2 is 1.88 bits per heavy atom. The number of rotatable bonds is 5. The van der Waals surface area contributed by atoms with Crippen LogP contribution in [0.25, 0.3) is 0 Å². The first kappa shape index (κ1) is 17.0. The molecule has 3 fully saturated rings. The van der Waals surface area contributed by atoms with Gasteiger partial charge in [-0.05, 0) is 24.8 Å². The minimum atomic E-state index is -0.427. The van der Waals surface area contributed by atoms with E-state index in [9.17, 15) is 4.79 Å². The number of hydrogen-bond donors (Lipinski definition) is 0. The molecule has 3 heterocycles. The highest BCUT2D eigenvalue weighted by molar-refractivity contribution is 5.89. The highest BCUT2D eigenvalue weighted by Gasteiger charge is 2.47. The number of ether oxygens (including phenoxy) is 3. The average Bonchev–Trinajstić information content (AvgIpc) is 3.15. The summed E-state index contributed by atoms with van der Waals surface area (Å²) in [6, 6.07) is 10.2. The molecule has 0 radical (unpaired) electrons. The summed E-state index contributed by atoms with van der Waals surface area (Å²) >= 11 is 0. The van der Waals surface area contributed by atoms with E-state index < -0.39 is 5.41 Å². The third kappa shape index (κ3) is 3.46. The molecule has 136 valence electrons. The Morgan fingerprint density at radius 3 is 2.56 bits per heavy atom. The lowest BCUT2D eigenvalue weighted by atomic mass is 9.72. The molecule has 5 heteroatoms. The molecule has 1 aromatic rings. The van der Waals surface area contributed by atoms with Crippen molar-refractivity contribution >= 4 is 5.91 Å². The molecule has 1 aromatic carbocycles. The maximum atomic E-state index is 13.3. The standard InChI is InChI=1S/C20H27NO4/c22-19(21-12-18(13-21)25-15-16-6-9-24-14-16)20(7-10-23-11-8-20)17-4-2-1-3-5-17/h1-5,16,18H,6-15H2. The Morgan fingerprint density at radius 1 is 1.12 bits per heavy atom. The molecule has 3 saturated heterocycles. The molecule has 0 saturated carbocycles. The van der Waals surface area contributed by atoms with Crippen LogP contribution in [0.4, 0.5) is 0 Å². The van der Waals surface area contributed by atoms with Crippen LogP contribution in [0.2, 0.25) is 0 Å². The van der Waals surface area contributed by atoms with Gasteiger partial charge in [0.05, 0.1) is 24.7 Å². The van der Waals surface area contributed by atoms with E-state index in [4.69, 9.17) is 14.2 Å². The summed E-state index contributed by atoms with van der Waals surface area (Å²) in [6.45, 7) is 5.14. The lowest BCUT2D eigenvalue weighted by molar-refractivity contribution is -0.155. The molecule has 3 aliphatic rings. The van der Waals surface area contributed by atoms with Crippen LogP contribution in [0.15, 0.2) is 30.3 Å². The van der Waals surface area contributed by atoms with Crippen molar-refractivity contribution in [2.45, 2.75) is 30.8 Å². The first-order chi connectivity index (χ1) is 12.3. The number of likely N-dealkylation sites (tertiary alicyclic amines) is 1. The Bertz CT molecular complexity index is 573. The SMILES string of the molecule is O=C(N1CC(OCC2CCOC2)C1)C1(c2ccccc2)CCOCC1. The zero-order chi connectivity index (χ0) is 17.1. The highest BCUT2D eigenvalue weighted by atomic mass is 16.5. The minimum Gasteiger partial charge on any atom is -0.381 e. The second-order valence-corrected chi connectivity index (χ2v) is 7.46. The molecule has 3 aliphatic heterocycles. The molecule has 5 nitrogen and oxygen atoms in total. The maximum absolute atomic E-state index is 13.3. The number of benzene rings is 1. The first-order valence-corrected chi connectivity index (χ1v) is 9.40. The van der Waals surface area contributed by atoms with Crippen LogP contribution in [0.3, 0.4) is 0 Å².